The first-order valence-electron chi connectivity index (χ1n) is 7.45. The van der Waals surface area contributed by atoms with Gasteiger partial charge in [0.2, 0.25) is 0 Å². The number of halogens is 1. The summed E-state index contributed by atoms with van der Waals surface area (Å²) in [6, 6.07) is 5.77. The summed E-state index contributed by atoms with van der Waals surface area (Å²) in [7, 11) is 0. The van der Waals surface area contributed by atoms with Gasteiger partial charge >= 0.3 is 0 Å². The highest BCUT2D eigenvalue weighted by Crippen LogP contribution is 2.47. The molecule has 2 aliphatic rings. The first-order valence-corrected chi connectivity index (χ1v) is 7.45. The fourth-order valence-corrected chi connectivity index (χ4v) is 3.13. The Morgan fingerprint density at radius 3 is 2.47 bits per heavy atom. The quantitative estimate of drug-likeness (QED) is 0.904. The van der Waals surface area contributed by atoms with Gasteiger partial charge in [-0.3, -0.25) is 4.90 Å². The Labute approximate surface area is 114 Å². The Morgan fingerprint density at radius 1 is 1.16 bits per heavy atom. The van der Waals surface area contributed by atoms with Crippen molar-refractivity contribution in [3.05, 3.63) is 35.1 Å². The zero-order valence-electron chi connectivity index (χ0n) is 11.5. The normalized spacial score (nSPS) is 22.4. The lowest BCUT2D eigenvalue weighted by Gasteiger charge is -2.26. The highest BCUT2D eigenvalue weighted by atomic mass is 19.1. The van der Waals surface area contributed by atoms with Gasteiger partial charge in [0.1, 0.15) is 5.82 Å². The predicted molar refractivity (Wildman–Crippen MR) is 75.5 cm³/mol. The van der Waals surface area contributed by atoms with Crippen molar-refractivity contribution < 1.29 is 4.39 Å². The van der Waals surface area contributed by atoms with Crippen molar-refractivity contribution in [2.75, 3.05) is 19.6 Å². The topological polar surface area (TPSA) is 29.3 Å². The van der Waals surface area contributed by atoms with Crippen molar-refractivity contribution in [2.24, 2.45) is 5.73 Å². The van der Waals surface area contributed by atoms with E-state index in [2.05, 4.69) is 11.0 Å². The third-order valence-corrected chi connectivity index (χ3v) is 4.75. The number of piperidine rings is 1. The van der Waals surface area contributed by atoms with Crippen LogP contribution in [0.3, 0.4) is 0 Å². The highest BCUT2D eigenvalue weighted by molar-refractivity contribution is 5.35. The van der Waals surface area contributed by atoms with Crippen LogP contribution in [0.15, 0.2) is 18.2 Å². The summed E-state index contributed by atoms with van der Waals surface area (Å²) in [4.78, 5) is 2.36. The standard InChI is InChI=1S/C16H23FN2/c17-15-10-14(16(12-18)6-7-16)5-4-13(15)11-19-8-2-1-3-9-19/h4-5,10H,1-3,6-9,11-12,18H2. The van der Waals surface area contributed by atoms with Crippen LogP contribution in [0.4, 0.5) is 4.39 Å². The van der Waals surface area contributed by atoms with E-state index >= 15 is 0 Å². The van der Waals surface area contributed by atoms with E-state index in [0.717, 1.165) is 43.6 Å². The Hall–Kier alpha value is -0.930. The van der Waals surface area contributed by atoms with Gasteiger partial charge in [-0.2, -0.15) is 0 Å². The minimum atomic E-state index is -0.0530. The monoisotopic (exact) mass is 262 g/mol. The van der Waals surface area contributed by atoms with Gasteiger partial charge in [-0.25, -0.2) is 4.39 Å². The van der Waals surface area contributed by atoms with E-state index in [9.17, 15) is 4.39 Å². The van der Waals surface area contributed by atoms with Crippen LogP contribution in [-0.2, 0) is 12.0 Å². The van der Waals surface area contributed by atoms with E-state index in [1.54, 1.807) is 6.07 Å². The third kappa shape index (κ3) is 2.67. The van der Waals surface area contributed by atoms with Crippen LogP contribution in [-0.4, -0.2) is 24.5 Å². The number of benzene rings is 1. The van der Waals surface area contributed by atoms with Gasteiger partial charge in [-0.05, 0) is 50.4 Å². The maximum atomic E-state index is 14.2. The molecular formula is C16H23FN2. The van der Waals surface area contributed by atoms with Gasteiger partial charge in [-0.15, -0.1) is 0 Å². The summed E-state index contributed by atoms with van der Waals surface area (Å²) in [6.07, 6.45) is 6.02. The molecule has 19 heavy (non-hydrogen) atoms. The van der Waals surface area contributed by atoms with Gasteiger partial charge in [-0.1, -0.05) is 18.6 Å². The molecule has 3 heteroatoms. The smallest absolute Gasteiger partial charge is 0.127 e. The van der Waals surface area contributed by atoms with Crippen LogP contribution in [0.1, 0.15) is 43.2 Å². The van der Waals surface area contributed by atoms with Crippen LogP contribution < -0.4 is 5.73 Å². The summed E-state index contributed by atoms with van der Waals surface area (Å²) in [5, 5.41) is 0. The van der Waals surface area contributed by atoms with E-state index in [1.165, 1.54) is 19.3 Å². The molecule has 0 unspecified atom stereocenters. The molecule has 2 fully saturated rings. The SMILES string of the molecule is NCC1(c2ccc(CN3CCCCC3)c(F)c2)CC1. The van der Waals surface area contributed by atoms with Crippen molar-refractivity contribution in [3.63, 3.8) is 0 Å². The van der Waals surface area contributed by atoms with Crippen molar-refractivity contribution in [2.45, 2.75) is 44.1 Å². The summed E-state index contributed by atoms with van der Waals surface area (Å²) in [6.45, 7) is 3.60. The number of likely N-dealkylation sites (tertiary alicyclic amines) is 1. The molecule has 0 spiro atoms. The first-order chi connectivity index (χ1) is 9.23. The Balaban J connectivity index is 1.72. The molecule has 2 nitrogen and oxygen atoms in total. The highest BCUT2D eigenvalue weighted by Gasteiger charge is 2.43. The molecule has 1 aliphatic carbocycles. The van der Waals surface area contributed by atoms with Crippen molar-refractivity contribution in [3.8, 4) is 0 Å². The van der Waals surface area contributed by atoms with Crippen molar-refractivity contribution in [1.82, 2.24) is 4.90 Å². The van der Waals surface area contributed by atoms with Crippen LogP contribution in [0.5, 0.6) is 0 Å². The van der Waals surface area contributed by atoms with Crippen molar-refractivity contribution in [1.29, 1.82) is 0 Å². The minimum absolute atomic E-state index is 0.0530. The molecule has 3 rings (SSSR count). The second-order valence-electron chi connectivity index (χ2n) is 6.13. The Bertz CT molecular complexity index is 448. The molecule has 1 saturated heterocycles. The number of rotatable bonds is 4. The minimum Gasteiger partial charge on any atom is -0.330 e. The van der Waals surface area contributed by atoms with Crippen molar-refractivity contribution >= 4 is 0 Å². The van der Waals surface area contributed by atoms with Gasteiger partial charge in [0.05, 0.1) is 0 Å². The molecule has 1 aliphatic heterocycles. The zero-order chi connectivity index (χ0) is 13.3. The molecule has 0 bridgehead atoms. The number of nitrogens with zero attached hydrogens (tertiary/aromatic N) is 1. The van der Waals surface area contributed by atoms with E-state index in [0.29, 0.717) is 6.54 Å². The fraction of sp³-hybridized carbons (Fsp3) is 0.625. The molecule has 1 aromatic rings. The van der Waals surface area contributed by atoms with Crippen LogP contribution in [0, 0.1) is 5.82 Å². The van der Waals surface area contributed by atoms with Gasteiger partial charge in [0.25, 0.3) is 0 Å². The zero-order valence-corrected chi connectivity index (χ0v) is 11.5. The molecule has 2 N–H and O–H groups in total. The Kier molecular flexibility index (Phi) is 3.59. The second kappa shape index (κ2) is 5.22. The van der Waals surface area contributed by atoms with Gasteiger partial charge in [0, 0.05) is 24.1 Å². The lowest BCUT2D eigenvalue weighted by Crippen LogP contribution is -2.29. The average Bonchev–Trinajstić information content (AvgIpc) is 3.23. The van der Waals surface area contributed by atoms with Gasteiger partial charge in [0.15, 0.2) is 0 Å². The molecule has 1 aromatic carbocycles. The molecule has 1 saturated carbocycles. The second-order valence-corrected chi connectivity index (χ2v) is 6.13. The number of hydrogen-bond donors (Lipinski definition) is 1. The van der Waals surface area contributed by atoms with Crippen LogP contribution in [0.2, 0.25) is 0 Å². The molecule has 0 aromatic heterocycles. The maximum Gasteiger partial charge on any atom is 0.127 e. The summed E-state index contributed by atoms with van der Waals surface area (Å²) < 4.78 is 14.2. The summed E-state index contributed by atoms with van der Waals surface area (Å²) in [5.74, 6) is -0.0530. The molecule has 0 amide bonds. The number of nitrogens with two attached hydrogens (primary N) is 1. The van der Waals surface area contributed by atoms with E-state index in [1.807, 2.05) is 6.07 Å². The predicted octanol–water partition coefficient (Wildman–Crippen LogP) is 2.80. The average molecular weight is 262 g/mol. The lowest BCUT2D eigenvalue weighted by molar-refractivity contribution is 0.218. The van der Waals surface area contributed by atoms with Crippen LogP contribution in [0.25, 0.3) is 0 Å². The molecule has 0 radical (unpaired) electrons. The molecule has 0 atom stereocenters. The molecule has 1 heterocycles. The lowest BCUT2D eigenvalue weighted by atomic mass is 9.94. The largest absolute Gasteiger partial charge is 0.330 e. The fourth-order valence-electron chi connectivity index (χ4n) is 3.13. The van der Waals surface area contributed by atoms with E-state index < -0.39 is 0 Å². The number of hydrogen-bond acceptors (Lipinski definition) is 2. The van der Waals surface area contributed by atoms with E-state index in [4.69, 9.17) is 5.73 Å². The third-order valence-electron chi connectivity index (χ3n) is 4.75. The molecular weight excluding hydrogens is 239 g/mol. The summed E-state index contributed by atoms with van der Waals surface area (Å²) >= 11 is 0. The summed E-state index contributed by atoms with van der Waals surface area (Å²) in [5.41, 5.74) is 7.82. The maximum absolute atomic E-state index is 14.2. The van der Waals surface area contributed by atoms with Gasteiger partial charge < -0.3 is 5.73 Å². The Morgan fingerprint density at radius 2 is 1.89 bits per heavy atom. The molecule has 104 valence electrons. The van der Waals surface area contributed by atoms with E-state index in [-0.39, 0.29) is 11.2 Å². The van der Waals surface area contributed by atoms with Crippen LogP contribution >= 0.6 is 0 Å². The first kappa shape index (κ1) is 13.1.